The minimum absolute atomic E-state index is 0.414. The van der Waals surface area contributed by atoms with E-state index in [1.807, 2.05) is 54.6 Å². The second kappa shape index (κ2) is 9.98. The zero-order chi connectivity index (χ0) is 21.5. The molecule has 4 aromatic carbocycles. The van der Waals surface area contributed by atoms with E-state index in [-0.39, 0.29) is 0 Å². The number of rotatable bonds is 6. The molecule has 1 N–H and O–H groups in total. The van der Waals surface area contributed by atoms with Crippen molar-refractivity contribution in [3.63, 3.8) is 0 Å². The van der Waals surface area contributed by atoms with Crippen LogP contribution in [0.3, 0.4) is 0 Å². The lowest BCUT2D eigenvalue weighted by Crippen LogP contribution is -1.91. The Morgan fingerprint density at radius 1 is 0.516 bits per heavy atom. The summed E-state index contributed by atoms with van der Waals surface area (Å²) in [5.74, 6) is 0. The standard InChI is InChI=1S/C28H22O2S/c29-31(30)28-9-5-4-8-27(28)21-16-24-14-19-26(20-15-24)25-17-12-23(13-18-25)11-10-22-6-2-1-3-7-22/h1-21H,(H,29,30). The maximum atomic E-state index is 11.4. The van der Waals surface area contributed by atoms with Crippen molar-refractivity contribution in [2.75, 3.05) is 0 Å². The molecule has 0 fully saturated rings. The molecule has 0 aliphatic heterocycles. The van der Waals surface area contributed by atoms with Crippen LogP contribution in [0.4, 0.5) is 0 Å². The summed E-state index contributed by atoms with van der Waals surface area (Å²) in [6.07, 6.45) is 8.05. The molecule has 0 aliphatic carbocycles. The molecule has 0 bridgehead atoms. The summed E-state index contributed by atoms with van der Waals surface area (Å²) < 4.78 is 20.9. The van der Waals surface area contributed by atoms with Crippen LogP contribution in [0, 0.1) is 0 Å². The summed E-state index contributed by atoms with van der Waals surface area (Å²) in [6.45, 7) is 0. The molecule has 0 amide bonds. The predicted octanol–water partition coefficient (Wildman–Crippen LogP) is 7.28. The highest BCUT2D eigenvalue weighted by Crippen LogP contribution is 2.22. The van der Waals surface area contributed by atoms with Crippen molar-refractivity contribution in [3.8, 4) is 11.1 Å². The first-order valence-corrected chi connectivity index (χ1v) is 11.1. The summed E-state index contributed by atoms with van der Waals surface area (Å²) in [5, 5.41) is 0. The fourth-order valence-electron chi connectivity index (χ4n) is 3.29. The molecule has 0 saturated heterocycles. The first kappa shape index (κ1) is 20.7. The van der Waals surface area contributed by atoms with Crippen molar-refractivity contribution in [1.29, 1.82) is 0 Å². The van der Waals surface area contributed by atoms with E-state index in [9.17, 15) is 8.76 Å². The maximum absolute atomic E-state index is 11.4. The fourth-order valence-corrected chi connectivity index (χ4v) is 3.83. The van der Waals surface area contributed by atoms with Crippen LogP contribution in [0.15, 0.2) is 108 Å². The van der Waals surface area contributed by atoms with Gasteiger partial charge in [-0.15, -0.1) is 0 Å². The van der Waals surface area contributed by atoms with Crippen molar-refractivity contribution in [2.24, 2.45) is 0 Å². The second-order valence-corrected chi connectivity index (χ2v) is 8.05. The summed E-state index contributed by atoms with van der Waals surface area (Å²) in [4.78, 5) is 0.414. The van der Waals surface area contributed by atoms with Gasteiger partial charge in [0.1, 0.15) is 0 Å². The molecule has 1 atom stereocenters. The van der Waals surface area contributed by atoms with Crippen molar-refractivity contribution in [1.82, 2.24) is 0 Å². The monoisotopic (exact) mass is 422 g/mol. The van der Waals surface area contributed by atoms with Crippen LogP contribution in [0.1, 0.15) is 22.3 Å². The number of benzene rings is 4. The quantitative estimate of drug-likeness (QED) is 0.262. The third kappa shape index (κ3) is 5.54. The van der Waals surface area contributed by atoms with E-state index >= 15 is 0 Å². The van der Waals surface area contributed by atoms with E-state index in [0.29, 0.717) is 4.90 Å². The molecule has 2 nitrogen and oxygen atoms in total. The lowest BCUT2D eigenvalue weighted by Gasteiger charge is -2.04. The minimum Gasteiger partial charge on any atom is -0.302 e. The van der Waals surface area contributed by atoms with Gasteiger partial charge in [0.05, 0.1) is 4.90 Å². The molecule has 152 valence electrons. The van der Waals surface area contributed by atoms with Gasteiger partial charge in [0, 0.05) is 0 Å². The lowest BCUT2D eigenvalue weighted by molar-refractivity contribution is 0.564. The molecular formula is C28H22O2S. The molecule has 31 heavy (non-hydrogen) atoms. The molecule has 4 rings (SSSR count). The molecule has 4 aromatic rings. The van der Waals surface area contributed by atoms with Gasteiger partial charge in [-0.05, 0) is 39.4 Å². The first-order chi connectivity index (χ1) is 15.2. The Hall–Kier alpha value is -3.53. The lowest BCUT2D eigenvalue weighted by atomic mass is 10.0. The van der Waals surface area contributed by atoms with E-state index in [2.05, 4.69) is 60.7 Å². The third-order valence-electron chi connectivity index (χ3n) is 4.98. The Morgan fingerprint density at radius 2 is 0.968 bits per heavy atom. The zero-order valence-corrected chi connectivity index (χ0v) is 17.7. The predicted molar refractivity (Wildman–Crippen MR) is 132 cm³/mol. The molecule has 0 heterocycles. The summed E-state index contributed by atoms with van der Waals surface area (Å²) in [6, 6.07) is 34.1. The Kier molecular flexibility index (Phi) is 6.68. The van der Waals surface area contributed by atoms with Gasteiger partial charge in [0.2, 0.25) is 0 Å². The highest BCUT2D eigenvalue weighted by molar-refractivity contribution is 7.79. The summed E-state index contributed by atoms with van der Waals surface area (Å²) in [7, 11) is 0. The van der Waals surface area contributed by atoms with Gasteiger partial charge in [-0.2, -0.15) is 0 Å². The van der Waals surface area contributed by atoms with Crippen molar-refractivity contribution in [2.45, 2.75) is 4.90 Å². The topological polar surface area (TPSA) is 37.3 Å². The van der Waals surface area contributed by atoms with Gasteiger partial charge in [-0.25, -0.2) is 4.21 Å². The smallest absolute Gasteiger partial charge is 0.187 e. The second-order valence-electron chi connectivity index (χ2n) is 7.11. The molecule has 3 heteroatoms. The fraction of sp³-hybridized carbons (Fsp3) is 0. The average molecular weight is 423 g/mol. The Balaban J connectivity index is 1.46. The Morgan fingerprint density at radius 3 is 1.52 bits per heavy atom. The Bertz CT molecular complexity index is 1220. The molecular weight excluding hydrogens is 400 g/mol. The number of hydrogen-bond acceptors (Lipinski definition) is 1. The Labute approximate surface area is 185 Å². The van der Waals surface area contributed by atoms with Crippen LogP contribution in [0.5, 0.6) is 0 Å². The largest absolute Gasteiger partial charge is 0.302 e. The van der Waals surface area contributed by atoms with Crippen molar-refractivity contribution < 1.29 is 8.76 Å². The van der Waals surface area contributed by atoms with Crippen LogP contribution in [0.25, 0.3) is 35.4 Å². The van der Waals surface area contributed by atoms with Gasteiger partial charge in [-0.1, -0.05) is 121 Å². The van der Waals surface area contributed by atoms with E-state index < -0.39 is 11.1 Å². The normalized spacial score (nSPS) is 12.4. The maximum Gasteiger partial charge on any atom is 0.187 e. The van der Waals surface area contributed by atoms with Gasteiger partial charge in [0.25, 0.3) is 0 Å². The molecule has 1 unspecified atom stereocenters. The van der Waals surface area contributed by atoms with Gasteiger partial charge >= 0.3 is 0 Å². The van der Waals surface area contributed by atoms with Gasteiger partial charge in [0.15, 0.2) is 11.1 Å². The van der Waals surface area contributed by atoms with Crippen LogP contribution >= 0.6 is 0 Å². The van der Waals surface area contributed by atoms with Crippen molar-refractivity contribution >= 4 is 35.4 Å². The highest BCUT2D eigenvalue weighted by atomic mass is 32.2. The first-order valence-electron chi connectivity index (χ1n) is 10.0. The third-order valence-corrected chi connectivity index (χ3v) is 5.73. The highest BCUT2D eigenvalue weighted by Gasteiger charge is 2.04. The van der Waals surface area contributed by atoms with Gasteiger partial charge in [-0.3, -0.25) is 0 Å². The molecule has 0 saturated carbocycles. The average Bonchev–Trinajstić information content (AvgIpc) is 2.83. The molecule has 0 spiro atoms. The van der Waals surface area contributed by atoms with Gasteiger partial charge < -0.3 is 4.55 Å². The van der Waals surface area contributed by atoms with Crippen molar-refractivity contribution in [3.05, 3.63) is 125 Å². The minimum atomic E-state index is -2.00. The van der Waals surface area contributed by atoms with E-state index in [1.165, 1.54) is 5.56 Å². The van der Waals surface area contributed by atoms with Crippen LogP contribution < -0.4 is 0 Å². The van der Waals surface area contributed by atoms with Crippen LogP contribution in [-0.4, -0.2) is 8.76 Å². The van der Waals surface area contributed by atoms with E-state index in [1.54, 1.807) is 12.1 Å². The van der Waals surface area contributed by atoms with Crippen LogP contribution in [-0.2, 0) is 11.1 Å². The molecule has 0 radical (unpaired) electrons. The number of hydrogen-bond donors (Lipinski definition) is 1. The zero-order valence-electron chi connectivity index (χ0n) is 16.9. The summed E-state index contributed by atoms with van der Waals surface area (Å²) in [5.41, 5.74) is 6.42. The van der Waals surface area contributed by atoms with E-state index in [4.69, 9.17) is 0 Å². The van der Waals surface area contributed by atoms with E-state index in [0.717, 1.165) is 27.8 Å². The SMILES string of the molecule is O=S(O)c1ccccc1C=Cc1ccc(-c2ccc(C=Cc3ccccc3)cc2)cc1. The molecule has 0 aliphatic rings. The molecule has 0 aromatic heterocycles. The summed E-state index contributed by atoms with van der Waals surface area (Å²) >= 11 is -2.00. The van der Waals surface area contributed by atoms with Crippen LogP contribution in [0.2, 0.25) is 0 Å².